The Morgan fingerprint density at radius 1 is 0.967 bits per heavy atom. The van der Waals surface area contributed by atoms with Crippen molar-refractivity contribution in [2.75, 3.05) is 13.1 Å². The number of benzene rings is 2. The van der Waals surface area contributed by atoms with Crippen molar-refractivity contribution in [2.24, 2.45) is 5.92 Å². The second kappa shape index (κ2) is 11.2. The molecule has 2 amide bonds. The van der Waals surface area contributed by atoms with E-state index < -0.39 is 0 Å². The fourth-order valence-electron chi connectivity index (χ4n) is 3.95. The van der Waals surface area contributed by atoms with Crippen LogP contribution in [0.3, 0.4) is 0 Å². The third-order valence-electron chi connectivity index (χ3n) is 5.83. The van der Waals surface area contributed by atoms with E-state index in [-0.39, 0.29) is 29.0 Å². The molecule has 1 heterocycles. The van der Waals surface area contributed by atoms with Gasteiger partial charge in [-0.05, 0) is 43.4 Å². The van der Waals surface area contributed by atoms with Crippen LogP contribution in [0, 0.1) is 5.92 Å². The minimum absolute atomic E-state index is 0.0415. The molecule has 1 unspecified atom stereocenters. The van der Waals surface area contributed by atoms with E-state index in [4.69, 9.17) is 0 Å². The lowest BCUT2D eigenvalue weighted by atomic mass is 9.98. The van der Waals surface area contributed by atoms with Crippen LogP contribution in [-0.2, 0) is 9.59 Å². The molecular weight excluding hydrogens is 392 g/mol. The van der Waals surface area contributed by atoms with Crippen molar-refractivity contribution in [1.82, 2.24) is 10.2 Å². The van der Waals surface area contributed by atoms with Gasteiger partial charge in [0.15, 0.2) is 0 Å². The molecule has 1 saturated heterocycles. The summed E-state index contributed by atoms with van der Waals surface area (Å²) in [5, 5.41) is 2.96. The first-order chi connectivity index (χ1) is 14.6. The van der Waals surface area contributed by atoms with Crippen molar-refractivity contribution < 1.29 is 9.59 Å². The highest BCUT2D eigenvalue weighted by molar-refractivity contribution is 8.00. The molecule has 0 aromatic heterocycles. The molecule has 0 aliphatic carbocycles. The minimum Gasteiger partial charge on any atom is -0.352 e. The first-order valence-electron chi connectivity index (χ1n) is 11.0. The van der Waals surface area contributed by atoms with Gasteiger partial charge in [-0.15, -0.1) is 11.8 Å². The van der Waals surface area contributed by atoms with Gasteiger partial charge in [-0.2, -0.15) is 0 Å². The third-order valence-corrected chi connectivity index (χ3v) is 7.09. The molecule has 1 aliphatic heterocycles. The SMILES string of the molecule is CCC(CC)C(=O)N1CCC(NC(=O)C(Sc2ccccc2)c2ccccc2)CC1. The quantitative estimate of drug-likeness (QED) is 0.602. The number of hydrogen-bond acceptors (Lipinski definition) is 3. The predicted molar refractivity (Wildman–Crippen MR) is 123 cm³/mol. The highest BCUT2D eigenvalue weighted by atomic mass is 32.2. The standard InChI is InChI=1S/C25H32N2O2S/c1-3-19(4-2)25(29)27-17-15-21(16-18-27)26-24(28)23(20-11-7-5-8-12-20)30-22-13-9-6-10-14-22/h5-14,19,21,23H,3-4,15-18H2,1-2H3,(H,26,28). The summed E-state index contributed by atoms with van der Waals surface area (Å²) in [7, 11) is 0. The molecular formula is C25H32N2O2S. The lowest BCUT2D eigenvalue weighted by Crippen LogP contribution is -2.48. The number of carbonyl (C=O) groups is 2. The molecule has 2 aromatic rings. The molecule has 1 fully saturated rings. The van der Waals surface area contributed by atoms with Crippen molar-refractivity contribution >= 4 is 23.6 Å². The Hall–Kier alpha value is -2.27. The number of nitrogens with zero attached hydrogens (tertiary/aromatic N) is 1. The van der Waals surface area contributed by atoms with Gasteiger partial charge < -0.3 is 10.2 Å². The van der Waals surface area contributed by atoms with E-state index in [0.29, 0.717) is 0 Å². The maximum Gasteiger partial charge on any atom is 0.238 e. The van der Waals surface area contributed by atoms with E-state index >= 15 is 0 Å². The van der Waals surface area contributed by atoms with Gasteiger partial charge in [-0.1, -0.05) is 62.4 Å². The fraction of sp³-hybridized carbons (Fsp3) is 0.440. The van der Waals surface area contributed by atoms with Crippen molar-refractivity contribution in [1.29, 1.82) is 0 Å². The first-order valence-corrected chi connectivity index (χ1v) is 11.9. The molecule has 0 spiro atoms. The van der Waals surface area contributed by atoms with Gasteiger partial charge in [0, 0.05) is 29.9 Å². The van der Waals surface area contributed by atoms with Crippen LogP contribution in [0.4, 0.5) is 0 Å². The van der Waals surface area contributed by atoms with Crippen molar-refractivity contribution in [3.05, 3.63) is 66.2 Å². The lowest BCUT2D eigenvalue weighted by molar-refractivity contribution is -0.137. The van der Waals surface area contributed by atoms with Crippen LogP contribution >= 0.6 is 11.8 Å². The Kier molecular flexibility index (Phi) is 8.38. The largest absolute Gasteiger partial charge is 0.352 e. The van der Waals surface area contributed by atoms with Crippen LogP contribution in [0.25, 0.3) is 0 Å². The smallest absolute Gasteiger partial charge is 0.238 e. The Morgan fingerprint density at radius 2 is 1.53 bits per heavy atom. The number of nitrogens with one attached hydrogen (secondary N) is 1. The third kappa shape index (κ3) is 5.88. The summed E-state index contributed by atoms with van der Waals surface area (Å²) < 4.78 is 0. The Labute approximate surface area is 184 Å². The number of rotatable bonds is 8. The average Bonchev–Trinajstić information content (AvgIpc) is 2.80. The first kappa shape index (κ1) is 22.4. The molecule has 4 nitrogen and oxygen atoms in total. The predicted octanol–water partition coefficient (Wildman–Crippen LogP) is 5.06. The van der Waals surface area contributed by atoms with Crippen LogP contribution in [0.2, 0.25) is 0 Å². The van der Waals surface area contributed by atoms with E-state index in [1.165, 1.54) is 0 Å². The van der Waals surface area contributed by atoms with E-state index in [9.17, 15) is 9.59 Å². The van der Waals surface area contributed by atoms with Gasteiger partial charge in [0.2, 0.25) is 11.8 Å². The zero-order valence-corrected chi connectivity index (χ0v) is 18.7. The minimum atomic E-state index is -0.294. The molecule has 0 radical (unpaired) electrons. The lowest BCUT2D eigenvalue weighted by Gasteiger charge is -2.34. The summed E-state index contributed by atoms with van der Waals surface area (Å²) in [6.07, 6.45) is 3.41. The van der Waals surface area contributed by atoms with Gasteiger partial charge >= 0.3 is 0 Å². The van der Waals surface area contributed by atoms with Crippen LogP contribution in [0.5, 0.6) is 0 Å². The van der Waals surface area contributed by atoms with Crippen molar-refractivity contribution in [2.45, 2.75) is 55.7 Å². The van der Waals surface area contributed by atoms with Gasteiger partial charge in [0.25, 0.3) is 0 Å². The second-order valence-electron chi connectivity index (χ2n) is 7.84. The Balaban J connectivity index is 1.62. The van der Waals surface area contributed by atoms with Gasteiger partial charge in [-0.25, -0.2) is 0 Å². The molecule has 1 atom stereocenters. The maximum absolute atomic E-state index is 13.2. The fourth-order valence-corrected chi connectivity index (χ4v) is 5.01. The summed E-state index contributed by atoms with van der Waals surface area (Å²) in [6, 6.07) is 20.1. The summed E-state index contributed by atoms with van der Waals surface area (Å²) in [6.45, 7) is 5.60. The molecule has 0 saturated carbocycles. The summed E-state index contributed by atoms with van der Waals surface area (Å²) >= 11 is 1.58. The molecule has 30 heavy (non-hydrogen) atoms. The van der Waals surface area contributed by atoms with E-state index in [1.54, 1.807) is 11.8 Å². The van der Waals surface area contributed by atoms with E-state index in [0.717, 1.165) is 49.2 Å². The van der Waals surface area contributed by atoms with Gasteiger partial charge in [0.05, 0.1) is 0 Å². The van der Waals surface area contributed by atoms with Crippen LogP contribution < -0.4 is 5.32 Å². The molecule has 1 N–H and O–H groups in total. The summed E-state index contributed by atoms with van der Waals surface area (Å²) in [4.78, 5) is 28.9. The van der Waals surface area contributed by atoms with E-state index in [1.807, 2.05) is 65.6 Å². The molecule has 2 aromatic carbocycles. The van der Waals surface area contributed by atoms with Gasteiger partial charge in [0.1, 0.15) is 5.25 Å². The molecule has 3 rings (SSSR count). The number of hydrogen-bond donors (Lipinski definition) is 1. The molecule has 160 valence electrons. The maximum atomic E-state index is 13.2. The zero-order valence-electron chi connectivity index (χ0n) is 17.9. The van der Waals surface area contributed by atoms with E-state index in [2.05, 4.69) is 19.2 Å². The average molecular weight is 425 g/mol. The topological polar surface area (TPSA) is 49.4 Å². The molecule has 5 heteroatoms. The number of amides is 2. The number of likely N-dealkylation sites (tertiary alicyclic amines) is 1. The number of carbonyl (C=O) groups excluding carboxylic acids is 2. The van der Waals surface area contributed by atoms with Crippen molar-refractivity contribution in [3.63, 3.8) is 0 Å². The number of thioether (sulfide) groups is 1. The highest BCUT2D eigenvalue weighted by Gasteiger charge is 2.29. The monoisotopic (exact) mass is 424 g/mol. The summed E-state index contributed by atoms with van der Waals surface area (Å²) in [5.41, 5.74) is 1.00. The molecule has 0 bridgehead atoms. The normalized spacial score (nSPS) is 15.8. The zero-order chi connectivity index (χ0) is 21.3. The van der Waals surface area contributed by atoms with Crippen molar-refractivity contribution in [3.8, 4) is 0 Å². The van der Waals surface area contributed by atoms with Crippen LogP contribution in [0.15, 0.2) is 65.6 Å². The van der Waals surface area contributed by atoms with Crippen LogP contribution in [0.1, 0.15) is 50.3 Å². The second-order valence-corrected chi connectivity index (χ2v) is 9.02. The molecule has 1 aliphatic rings. The number of piperidine rings is 1. The van der Waals surface area contributed by atoms with Gasteiger partial charge in [-0.3, -0.25) is 9.59 Å². The summed E-state index contributed by atoms with van der Waals surface area (Å²) in [5.74, 6) is 0.437. The Bertz CT molecular complexity index is 800. The highest BCUT2D eigenvalue weighted by Crippen LogP contribution is 2.35. The van der Waals surface area contributed by atoms with Crippen LogP contribution in [-0.4, -0.2) is 35.8 Å². The Morgan fingerprint density at radius 3 is 2.10 bits per heavy atom.